The predicted octanol–water partition coefficient (Wildman–Crippen LogP) is 0.350. The second kappa shape index (κ2) is 8.65. The van der Waals surface area contributed by atoms with Crippen LogP contribution in [0.2, 0.25) is 0 Å². The fourth-order valence-corrected chi connectivity index (χ4v) is 2.44. The van der Waals surface area contributed by atoms with Gasteiger partial charge in [0.15, 0.2) is 12.4 Å². The largest absolute Gasteiger partial charge is 0.447 e. The van der Waals surface area contributed by atoms with E-state index in [4.69, 9.17) is 31.2 Å². The highest BCUT2D eigenvalue weighted by atomic mass is 32.1. The van der Waals surface area contributed by atoms with Gasteiger partial charge in [-0.1, -0.05) is 0 Å². The zero-order chi connectivity index (χ0) is 17.7. The molecule has 134 valence electrons. The van der Waals surface area contributed by atoms with E-state index in [9.17, 15) is 19.7 Å². The molecular formula is C15H19FO7S. The van der Waals surface area contributed by atoms with Gasteiger partial charge in [-0.25, -0.2) is 4.39 Å². The topological polar surface area (TPSA) is 97.6 Å². The fraction of sp³-hybridized carbons (Fsp3) is 0.533. The molecule has 0 saturated carbocycles. The molecule has 1 fully saturated rings. The van der Waals surface area contributed by atoms with Gasteiger partial charge >= 0.3 is 5.24 Å². The quantitative estimate of drug-likeness (QED) is 0.646. The van der Waals surface area contributed by atoms with Crippen molar-refractivity contribution in [3.8, 4) is 5.75 Å². The molecule has 2 rings (SSSR count). The van der Waals surface area contributed by atoms with Crippen molar-refractivity contribution >= 4 is 17.5 Å². The van der Waals surface area contributed by atoms with Gasteiger partial charge in [0.05, 0.1) is 6.61 Å². The Labute approximate surface area is 143 Å². The maximum atomic E-state index is 12.9. The van der Waals surface area contributed by atoms with Crippen molar-refractivity contribution in [3.05, 3.63) is 30.1 Å². The molecule has 0 spiro atoms. The fourth-order valence-electron chi connectivity index (χ4n) is 2.23. The van der Waals surface area contributed by atoms with E-state index in [1.165, 1.54) is 24.3 Å². The predicted molar refractivity (Wildman–Crippen MR) is 83.9 cm³/mol. The molecule has 0 aliphatic carbocycles. The lowest BCUT2D eigenvalue weighted by Gasteiger charge is -2.41. The average Bonchev–Trinajstić information content (AvgIpc) is 2.56. The molecule has 0 unspecified atom stereocenters. The van der Waals surface area contributed by atoms with Gasteiger partial charge < -0.3 is 34.3 Å². The van der Waals surface area contributed by atoms with E-state index >= 15 is 0 Å². The van der Waals surface area contributed by atoms with Gasteiger partial charge in [-0.15, -0.1) is 0 Å². The van der Waals surface area contributed by atoms with Crippen LogP contribution in [0.5, 0.6) is 5.75 Å². The SMILES string of the molecule is CCO[C@H]1O[C@H](CO)[C@@H](O)[C@H](OC(=S)Oc2ccc(F)cc2)[C@@H]1O. The molecule has 1 heterocycles. The van der Waals surface area contributed by atoms with Crippen LogP contribution in [0, 0.1) is 5.82 Å². The monoisotopic (exact) mass is 362 g/mol. The summed E-state index contributed by atoms with van der Waals surface area (Å²) in [6.07, 6.45) is -6.02. The van der Waals surface area contributed by atoms with Crippen molar-refractivity contribution in [2.75, 3.05) is 13.2 Å². The van der Waals surface area contributed by atoms with Crippen molar-refractivity contribution in [1.29, 1.82) is 0 Å². The highest BCUT2D eigenvalue weighted by Crippen LogP contribution is 2.25. The molecule has 1 aliphatic heterocycles. The number of ether oxygens (including phenoxy) is 4. The van der Waals surface area contributed by atoms with Gasteiger partial charge in [0, 0.05) is 18.8 Å². The van der Waals surface area contributed by atoms with Crippen LogP contribution in [0.1, 0.15) is 6.92 Å². The standard InChI is InChI=1S/C15H19FO7S/c1-2-20-14-12(19)13(11(18)10(7-17)22-14)23-15(24)21-9-5-3-8(16)4-6-9/h3-6,10-14,17-19H,2,7H2,1H3/t10-,11-,12+,13+,14+/m1/s1. The molecule has 1 saturated heterocycles. The molecule has 1 aliphatic rings. The summed E-state index contributed by atoms with van der Waals surface area (Å²) >= 11 is 4.93. The first-order chi connectivity index (χ1) is 11.5. The van der Waals surface area contributed by atoms with Gasteiger partial charge in [-0.2, -0.15) is 0 Å². The second-order valence-electron chi connectivity index (χ2n) is 5.05. The smallest absolute Gasteiger partial charge is 0.358 e. The molecule has 1 aromatic carbocycles. The lowest BCUT2D eigenvalue weighted by molar-refractivity contribution is -0.298. The summed E-state index contributed by atoms with van der Waals surface area (Å²) in [4.78, 5) is 0. The van der Waals surface area contributed by atoms with E-state index in [1.54, 1.807) is 6.92 Å². The lowest BCUT2D eigenvalue weighted by atomic mass is 9.99. The van der Waals surface area contributed by atoms with Crippen molar-refractivity contribution in [3.63, 3.8) is 0 Å². The van der Waals surface area contributed by atoms with Crippen LogP contribution in [0.3, 0.4) is 0 Å². The van der Waals surface area contributed by atoms with Crippen molar-refractivity contribution in [2.24, 2.45) is 0 Å². The third-order valence-electron chi connectivity index (χ3n) is 3.40. The second-order valence-corrected chi connectivity index (χ2v) is 5.38. The molecule has 1 aromatic rings. The van der Waals surface area contributed by atoms with Crippen LogP contribution >= 0.6 is 12.2 Å². The Hall–Kier alpha value is -1.36. The summed E-state index contributed by atoms with van der Waals surface area (Å²) in [5, 5.41) is 29.3. The van der Waals surface area contributed by atoms with Gasteiger partial charge in [0.2, 0.25) is 0 Å². The van der Waals surface area contributed by atoms with E-state index in [2.05, 4.69) is 0 Å². The molecular weight excluding hydrogens is 343 g/mol. The molecule has 0 bridgehead atoms. The summed E-state index contributed by atoms with van der Waals surface area (Å²) in [5.74, 6) is -0.202. The first-order valence-corrected chi connectivity index (χ1v) is 7.75. The van der Waals surface area contributed by atoms with Gasteiger partial charge in [0.1, 0.15) is 29.9 Å². The number of aliphatic hydroxyl groups excluding tert-OH is 3. The van der Waals surface area contributed by atoms with E-state index in [1.807, 2.05) is 0 Å². The summed E-state index contributed by atoms with van der Waals surface area (Å²) < 4.78 is 33.9. The molecule has 0 amide bonds. The molecule has 0 radical (unpaired) electrons. The Bertz CT molecular complexity index is 541. The summed E-state index contributed by atoms with van der Waals surface area (Å²) in [5.41, 5.74) is 0. The van der Waals surface area contributed by atoms with Gasteiger partial charge in [-0.3, -0.25) is 0 Å². The van der Waals surface area contributed by atoms with E-state index < -0.39 is 43.1 Å². The minimum Gasteiger partial charge on any atom is -0.447 e. The zero-order valence-corrected chi connectivity index (χ0v) is 13.7. The third-order valence-corrected chi connectivity index (χ3v) is 3.58. The molecule has 0 aromatic heterocycles. The van der Waals surface area contributed by atoms with Crippen LogP contribution in [0.25, 0.3) is 0 Å². The normalized spacial score (nSPS) is 30.0. The number of aliphatic hydroxyl groups is 3. The number of rotatable bonds is 5. The zero-order valence-electron chi connectivity index (χ0n) is 12.9. The van der Waals surface area contributed by atoms with E-state index in [0.717, 1.165) is 0 Å². The van der Waals surface area contributed by atoms with Crippen LogP contribution < -0.4 is 4.74 Å². The van der Waals surface area contributed by atoms with Gasteiger partial charge in [-0.05, 0) is 31.2 Å². The Balaban J connectivity index is 2.03. The number of hydrogen-bond acceptors (Lipinski definition) is 8. The minimum absolute atomic E-state index is 0.234. The van der Waals surface area contributed by atoms with Crippen LogP contribution in [-0.4, -0.2) is 64.5 Å². The molecule has 24 heavy (non-hydrogen) atoms. The van der Waals surface area contributed by atoms with Gasteiger partial charge in [0.25, 0.3) is 0 Å². The number of hydrogen-bond donors (Lipinski definition) is 3. The average molecular weight is 362 g/mol. The maximum absolute atomic E-state index is 12.9. The molecule has 9 heteroatoms. The van der Waals surface area contributed by atoms with E-state index in [-0.39, 0.29) is 17.6 Å². The highest BCUT2D eigenvalue weighted by molar-refractivity contribution is 7.79. The number of benzene rings is 1. The van der Waals surface area contributed by atoms with Crippen molar-refractivity contribution in [1.82, 2.24) is 0 Å². The molecule has 5 atom stereocenters. The first kappa shape index (κ1) is 19.0. The van der Waals surface area contributed by atoms with Crippen molar-refractivity contribution < 1.29 is 38.7 Å². The Morgan fingerprint density at radius 2 is 1.92 bits per heavy atom. The highest BCUT2D eigenvalue weighted by Gasteiger charge is 2.47. The van der Waals surface area contributed by atoms with Crippen LogP contribution in [0.4, 0.5) is 4.39 Å². The number of halogens is 1. The number of thiocarbonyl (C=S) groups is 1. The third kappa shape index (κ3) is 4.59. The molecule has 7 nitrogen and oxygen atoms in total. The van der Waals surface area contributed by atoms with Crippen molar-refractivity contribution in [2.45, 2.75) is 37.6 Å². The first-order valence-electron chi connectivity index (χ1n) is 7.34. The van der Waals surface area contributed by atoms with Crippen LogP contribution in [0.15, 0.2) is 24.3 Å². The van der Waals surface area contributed by atoms with Crippen LogP contribution in [-0.2, 0) is 14.2 Å². The summed E-state index contributed by atoms with van der Waals surface area (Å²) in [6.45, 7) is 1.45. The maximum Gasteiger partial charge on any atom is 0.358 e. The lowest BCUT2D eigenvalue weighted by Crippen LogP contribution is -2.60. The Morgan fingerprint density at radius 3 is 2.50 bits per heavy atom. The Morgan fingerprint density at radius 1 is 1.25 bits per heavy atom. The Kier molecular flexibility index (Phi) is 6.84. The summed E-state index contributed by atoms with van der Waals surface area (Å²) in [6, 6.07) is 5.06. The van der Waals surface area contributed by atoms with E-state index in [0.29, 0.717) is 0 Å². The summed E-state index contributed by atoms with van der Waals surface area (Å²) in [7, 11) is 0. The molecule has 3 N–H and O–H groups in total. The minimum atomic E-state index is -1.35.